The van der Waals surface area contributed by atoms with E-state index in [4.69, 9.17) is 5.73 Å². The summed E-state index contributed by atoms with van der Waals surface area (Å²) in [4.78, 5) is 3.38. The van der Waals surface area contributed by atoms with Gasteiger partial charge in [0.1, 0.15) is 0 Å². The summed E-state index contributed by atoms with van der Waals surface area (Å²) in [6, 6.07) is 6.46. The highest BCUT2D eigenvalue weighted by Crippen LogP contribution is 2.24. The monoisotopic (exact) mass is 336 g/mol. The van der Waals surface area contributed by atoms with E-state index in [0.29, 0.717) is 6.54 Å². The van der Waals surface area contributed by atoms with E-state index in [2.05, 4.69) is 52.7 Å². The second kappa shape index (κ2) is 5.18. The number of benzene rings is 1. The van der Waals surface area contributed by atoms with Gasteiger partial charge in [-0.3, -0.25) is 0 Å². The molecule has 0 aliphatic carbocycles. The van der Waals surface area contributed by atoms with Crippen LogP contribution in [0.25, 0.3) is 10.9 Å². The van der Waals surface area contributed by atoms with Crippen molar-refractivity contribution in [3.8, 4) is 0 Å². The molecule has 0 atom stereocenters. The molecule has 2 aromatic rings. The molecule has 82 valence electrons. The number of hydrogen-bond acceptors (Lipinski definition) is 1. The van der Waals surface area contributed by atoms with Gasteiger partial charge in [0.25, 0.3) is 0 Å². The van der Waals surface area contributed by atoms with Crippen molar-refractivity contribution in [2.75, 3.05) is 6.54 Å². The van der Waals surface area contributed by atoms with E-state index in [1.165, 1.54) is 25.7 Å². The van der Waals surface area contributed by atoms with Crippen molar-refractivity contribution < 1.29 is 0 Å². The summed E-state index contributed by atoms with van der Waals surface area (Å²) >= 11 is 2.34. The molecule has 2 nitrogen and oxygen atoms in total. The van der Waals surface area contributed by atoms with Crippen molar-refractivity contribution in [2.45, 2.75) is 13.3 Å². The normalized spacial score (nSPS) is 10.3. The van der Waals surface area contributed by atoms with E-state index in [1.54, 1.807) is 0 Å². The summed E-state index contributed by atoms with van der Waals surface area (Å²) in [6.45, 7) is 2.82. The van der Waals surface area contributed by atoms with Gasteiger partial charge in [0.15, 0.2) is 0 Å². The van der Waals surface area contributed by atoms with E-state index in [0.717, 1.165) is 6.42 Å². The third kappa shape index (κ3) is 2.46. The Morgan fingerprint density at radius 3 is 2.80 bits per heavy atom. The van der Waals surface area contributed by atoms with Gasteiger partial charge in [-0.15, -0.1) is 12.4 Å². The Morgan fingerprint density at radius 1 is 1.40 bits per heavy atom. The molecule has 0 spiro atoms. The van der Waals surface area contributed by atoms with Crippen LogP contribution in [0.4, 0.5) is 0 Å². The highest BCUT2D eigenvalue weighted by Gasteiger charge is 2.07. The van der Waals surface area contributed by atoms with Crippen LogP contribution in [0, 0.1) is 10.5 Å². The Bertz CT molecular complexity index is 465. The summed E-state index contributed by atoms with van der Waals surface area (Å²) in [7, 11) is 0. The lowest BCUT2D eigenvalue weighted by molar-refractivity contribution is 0.963. The minimum atomic E-state index is 0. The topological polar surface area (TPSA) is 41.8 Å². The standard InChI is InChI=1S/C11H13IN2.ClH/c1-7-9(4-5-13)10-6-8(12)2-3-11(10)14-7;/h2-3,6,14H,4-5,13H2,1H3;1H. The van der Waals surface area contributed by atoms with Gasteiger partial charge in [0, 0.05) is 20.2 Å². The van der Waals surface area contributed by atoms with Crippen LogP contribution in [-0.2, 0) is 6.42 Å². The number of halogens is 2. The lowest BCUT2D eigenvalue weighted by Crippen LogP contribution is -2.03. The molecule has 4 heteroatoms. The lowest BCUT2D eigenvalue weighted by Gasteiger charge is -1.98. The molecule has 0 radical (unpaired) electrons. The summed E-state index contributed by atoms with van der Waals surface area (Å²) in [5.74, 6) is 0. The van der Waals surface area contributed by atoms with Crippen LogP contribution in [0.1, 0.15) is 11.3 Å². The third-order valence-corrected chi connectivity index (χ3v) is 3.15. The number of nitrogens with one attached hydrogen (secondary N) is 1. The summed E-state index contributed by atoms with van der Waals surface area (Å²) < 4.78 is 1.27. The fourth-order valence-electron chi connectivity index (χ4n) is 1.82. The second-order valence-corrected chi connectivity index (χ2v) is 4.70. The molecule has 0 saturated heterocycles. The van der Waals surface area contributed by atoms with Crippen molar-refractivity contribution >= 4 is 45.9 Å². The fraction of sp³-hybridized carbons (Fsp3) is 0.273. The fourth-order valence-corrected chi connectivity index (χ4v) is 2.31. The average Bonchev–Trinajstić information content (AvgIpc) is 2.45. The molecule has 0 aliphatic heterocycles. The third-order valence-electron chi connectivity index (χ3n) is 2.48. The van der Waals surface area contributed by atoms with Gasteiger partial charge in [-0.2, -0.15) is 0 Å². The zero-order valence-corrected chi connectivity index (χ0v) is 11.5. The maximum atomic E-state index is 5.60. The first-order valence-electron chi connectivity index (χ1n) is 4.69. The number of aryl methyl sites for hydroxylation is 1. The zero-order chi connectivity index (χ0) is 10.1. The number of aromatic nitrogens is 1. The first-order valence-corrected chi connectivity index (χ1v) is 5.77. The van der Waals surface area contributed by atoms with Gasteiger partial charge in [0.05, 0.1) is 0 Å². The molecule has 0 amide bonds. The van der Waals surface area contributed by atoms with Crippen LogP contribution >= 0.6 is 35.0 Å². The molecule has 1 heterocycles. The van der Waals surface area contributed by atoms with E-state index in [-0.39, 0.29) is 12.4 Å². The van der Waals surface area contributed by atoms with Crippen LogP contribution in [0.2, 0.25) is 0 Å². The maximum absolute atomic E-state index is 5.60. The molecular weight excluding hydrogens is 322 g/mol. The van der Waals surface area contributed by atoms with Crippen molar-refractivity contribution in [1.82, 2.24) is 4.98 Å². The lowest BCUT2D eigenvalue weighted by atomic mass is 10.1. The molecule has 1 aromatic carbocycles. The maximum Gasteiger partial charge on any atom is 0.0459 e. The van der Waals surface area contributed by atoms with Crippen LogP contribution < -0.4 is 5.73 Å². The van der Waals surface area contributed by atoms with Gasteiger partial charge >= 0.3 is 0 Å². The Labute approximate surface area is 109 Å². The summed E-state index contributed by atoms with van der Waals surface area (Å²) in [6.07, 6.45) is 0.950. The molecule has 0 fully saturated rings. The van der Waals surface area contributed by atoms with Crippen LogP contribution in [0.3, 0.4) is 0 Å². The van der Waals surface area contributed by atoms with Crippen molar-refractivity contribution in [3.63, 3.8) is 0 Å². The zero-order valence-electron chi connectivity index (χ0n) is 8.51. The van der Waals surface area contributed by atoms with Gasteiger partial charge < -0.3 is 10.7 Å². The number of fused-ring (bicyclic) bond motifs is 1. The highest BCUT2D eigenvalue weighted by atomic mass is 127. The molecule has 0 saturated carbocycles. The van der Waals surface area contributed by atoms with Crippen molar-refractivity contribution in [2.24, 2.45) is 5.73 Å². The number of rotatable bonds is 2. The predicted molar refractivity (Wildman–Crippen MR) is 75.8 cm³/mol. The van der Waals surface area contributed by atoms with E-state index in [1.807, 2.05) is 0 Å². The van der Waals surface area contributed by atoms with Crippen molar-refractivity contribution in [1.29, 1.82) is 0 Å². The smallest absolute Gasteiger partial charge is 0.0459 e. The Hall–Kier alpha value is -0.260. The van der Waals surface area contributed by atoms with Crippen LogP contribution in [-0.4, -0.2) is 11.5 Å². The molecule has 0 aliphatic rings. The first kappa shape index (κ1) is 12.8. The molecule has 3 N–H and O–H groups in total. The molecule has 15 heavy (non-hydrogen) atoms. The molecule has 0 bridgehead atoms. The minimum Gasteiger partial charge on any atom is -0.358 e. The van der Waals surface area contributed by atoms with Crippen LogP contribution in [0.15, 0.2) is 18.2 Å². The number of aromatic amines is 1. The van der Waals surface area contributed by atoms with Crippen LogP contribution in [0.5, 0.6) is 0 Å². The SMILES string of the molecule is Cc1[nH]c2ccc(I)cc2c1CCN.Cl. The average molecular weight is 337 g/mol. The highest BCUT2D eigenvalue weighted by molar-refractivity contribution is 14.1. The quantitative estimate of drug-likeness (QED) is 0.813. The van der Waals surface area contributed by atoms with E-state index >= 15 is 0 Å². The molecular formula is C11H14ClIN2. The minimum absolute atomic E-state index is 0. The predicted octanol–water partition coefficient (Wildman–Crippen LogP) is 3.00. The van der Waals surface area contributed by atoms with Gasteiger partial charge in [-0.1, -0.05) is 0 Å². The van der Waals surface area contributed by atoms with E-state index in [9.17, 15) is 0 Å². The van der Waals surface area contributed by atoms with Gasteiger partial charge in [0.2, 0.25) is 0 Å². The Balaban J connectivity index is 0.00000112. The van der Waals surface area contributed by atoms with Gasteiger partial charge in [-0.25, -0.2) is 0 Å². The van der Waals surface area contributed by atoms with E-state index < -0.39 is 0 Å². The Kier molecular flexibility index (Phi) is 4.43. The molecule has 2 rings (SSSR count). The molecule has 1 aromatic heterocycles. The first-order chi connectivity index (χ1) is 6.72. The summed E-state index contributed by atoms with van der Waals surface area (Å²) in [5, 5.41) is 1.32. The summed E-state index contributed by atoms with van der Waals surface area (Å²) in [5.41, 5.74) is 9.42. The second-order valence-electron chi connectivity index (χ2n) is 3.46. The number of nitrogens with two attached hydrogens (primary N) is 1. The number of H-pyrrole nitrogens is 1. The van der Waals surface area contributed by atoms with Gasteiger partial charge in [-0.05, 0) is 66.2 Å². The number of hydrogen-bond donors (Lipinski definition) is 2. The molecule has 0 unspecified atom stereocenters. The largest absolute Gasteiger partial charge is 0.358 e. The van der Waals surface area contributed by atoms with Crippen molar-refractivity contribution in [3.05, 3.63) is 33.0 Å². The Morgan fingerprint density at radius 2 is 2.13 bits per heavy atom.